The second kappa shape index (κ2) is 6.42. The standard InChI is InChI=1S/C14H17N5O3/c1-18(14(20)6-7-19-10-15-16-17-19)8-11-9-21-12-4-2-3-5-13(12)22-11/h2-5,10-11H,6-9H2,1H3/t11-/m1/s1. The van der Waals surface area contributed by atoms with E-state index in [4.69, 9.17) is 9.47 Å². The maximum absolute atomic E-state index is 12.1. The van der Waals surface area contributed by atoms with Crippen LogP contribution in [0.1, 0.15) is 6.42 Å². The van der Waals surface area contributed by atoms with Crippen molar-refractivity contribution in [1.29, 1.82) is 0 Å². The normalized spacial score (nSPS) is 16.3. The van der Waals surface area contributed by atoms with E-state index in [1.807, 2.05) is 24.3 Å². The SMILES string of the molecule is CN(C[C@@H]1COc2ccccc2O1)C(=O)CCn1cnnn1. The summed E-state index contributed by atoms with van der Waals surface area (Å²) in [4.78, 5) is 13.8. The summed E-state index contributed by atoms with van der Waals surface area (Å²) in [5.41, 5.74) is 0. The summed E-state index contributed by atoms with van der Waals surface area (Å²) in [7, 11) is 1.76. The first-order valence-corrected chi connectivity index (χ1v) is 7.05. The molecule has 1 aliphatic rings. The second-order valence-electron chi connectivity index (χ2n) is 5.09. The molecule has 8 heteroatoms. The zero-order chi connectivity index (χ0) is 15.4. The van der Waals surface area contributed by atoms with Crippen LogP contribution in [-0.2, 0) is 11.3 Å². The minimum absolute atomic E-state index is 0.0120. The highest BCUT2D eigenvalue weighted by Gasteiger charge is 2.23. The van der Waals surface area contributed by atoms with E-state index < -0.39 is 0 Å². The van der Waals surface area contributed by atoms with E-state index in [9.17, 15) is 4.79 Å². The average Bonchev–Trinajstić information content (AvgIpc) is 3.06. The van der Waals surface area contributed by atoms with E-state index >= 15 is 0 Å². The number of rotatable bonds is 5. The molecule has 0 saturated heterocycles. The molecule has 0 aliphatic carbocycles. The molecule has 1 aliphatic heterocycles. The highest BCUT2D eigenvalue weighted by atomic mass is 16.6. The minimum Gasteiger partial charge on any atom is -0.486 e. The Balaban J connectivity index is 1.49. The molecule has 8 nitrogen and oxygen atoms in total. The van der Waals surface area contributed by atoms with Crippen molar-refractivity contribution in [1.82, 2.24) is 25.1 Å². The third kappa shape index (κ3) is 3.33. The molecular formula is C14H17N5O3. The Morgan fingerprint density at radius 2 is 2.23 bits per heavy atom. The highest BCUT2D eigenvalue weighted by molar-refractivity contribution is 5.75. The van der Waals surface area contributed by atoms with Gasteiger partial charge in [-0.2, -0.15) is 0 Å². The number of hydrogen-bond donors (Lipinski definition) is 0. The number of aryl methyl sites for hydroxylation is 1. The summed E-state index contributed by atoms with van der Waals surface area (Å²) in [5.74, 6) is 1.47. The van der Waals surface area contributed by atoms with E-state index in [0.717, 1.165) is 5.75 Å². The number of fused-ring (bicyclic) bond motifs is 1. The molecule has 116 valence electrons. The van der Waals surface area contributed by atoms with Crippen molar-refractivity contribution in [3.05, 3.63) is 30.6 Å². The van der Waals surface area contributed by atoms with Crippen molar-refractivity contribution in [2.45, 2.75) is 19.1 Å². The van der Waals surface area contributed by atoms with Gasteiger partial charge in [-0.3, -0.25) is 4.79 Å². The molecule has 1 amide bonds. The fraction of sp³-hybridized carbons (Fsp3) is 0.429. The molecule has 0 bridgehead atoms. The number of benzene rings is 1. The van der Waals surface area contributed by atoms with Crippen molar-refractivity contribution in [3.63, 3.8) is 0 Å². The first-order valence-electron chi connectivity index (χ1n) is 7.05. The third-order valence-corrected chi connectivity index (χ3v) is 3.42. The topological polar surface area (TPSA) is 82.4 Å². The van der Waals surface area contributed by atoms with Crippen LogP contribution in [0.3, 0.4) is 0 Å². The fourth-order valence-corrected chi connectivity index (χ4v) is 2.24. The Bertz CT molecular complexity index is 631. The van der Waals surface area contributed by atoms with Gasteiger partial charge in [-0.1, -0.05) is 12.1 Å². The number of para-hydroxylation sites is 2. The maximum Gasteiger partial charge on any atom is 0.224 e. The van der Waals surface area contributed by atoms with Gasteiger partial charge in [-0.15, -0.1) is 5.10 Å². The zero-order valence-electron chi connectivity index (χ0n) is 12.3. The van der Waals surface area contributed by atoms with Gasteiger partial charge in [0.05, 0.1) is 13.1 Å². The van der Waals surface area contributed by atoms with Crippen LogP contribution in [0, 0.1) is 0 Å². The molecule has 0 fully saturated rings. The van der Waals surface area contributed by atoms with Gasteiger partial charge in [0.15, 0.2) is 17.6 Å². The van der Waals surface area contributed by atoms with Crippen LogP contribution < -0.4 is 9.47 Å². The van der Waals surface area contributed by atoms with Crippen LogP contribution in [0.25, 0.3) is 0 Å². The van der Waals surface area contributed by atoms with Crippen molar-refractivity contribution in [3.8, 4) is 11.5 Å². The molecule has 0 saturated carbocycles. The Morgan fingerprint density at radius 3 is 3.00 bits per heavy atom. The Labute approximate surface area is 127 Å². The van der Waals surface area contributed by atoms with Gasteiger partial charge in [0.25, 0.3) is 0 Å². The number of ether oxygens (including phenoxy) is 2. The molecule has 22 heavy (non-hydrogen) atoms. The fourth-order valence-electron chi connectivity index (χ4n) is 2.24. The van der Waals surface area contributed by atoms with Gasteiger partial charge in [-0.05, 0) is 22.6 Å². The van der Waals surface area contributed by atoms with Crippen molar-refractivity contribution in [2.24, 2.45) is 0 Å². The quantitative estimate of drug-likeness (QED) is 0.793. The summed E-state index contributed by atoms with van der Waals surface area (Å²) in [5, 5.41) is 10.8. The molecule has 1 aromatic carbocycles. The summed E-state index contributed by atoms with van der Waals surface area (Å²) in [6, 6.07) is 7.52. The van der Waals surface area contributed by atoms with Crippen molar-refractivity contribution < 1.29 is 14.3 Å². The van der Waals surface area contributed by atoms with Crippen LogP contribution in [0.5, 0.6) is 11.5 Å². The van der Waals surface area contributed by atoms with Crippen LogP contribution in [0.2, 0.25) is 0 Å². The number of likely N-dealkylation sites (N-methyl/N-ethyl adjacent to an activating group) is 1. The summed E-state index contributed by atoms with van der Waals surface area (Å²) >= 11 is 0. The van der Waals surface area contributed by atoms with Crippen LogP contribution in [-0.4, -0.2) is 57.3 Å². The van der Waals surface area contributed by atoms with Gasteiger partial charge in [-0.25, -0.2) is 4.68 Å². The van der Waals surface area contributed by atoms with Crippen molar-refractivity contribution >= 4 is 5.91 Å². The Morgan fingerprint density at radius 1 is 1.41 bits per heavy atom. The van der Waals surface area contributed by atoms with Gasteiger partial charge in [0, 0.05) is 13.5 Å². The predicted octanol–water partition coefficient (Wildman–Crippen LogP) is 0.362. The second-order valence-corrected chi connectivity index (χ2v) is 5.09. The van der Waals surface area contributed by atoms with E-state index in [1.165, 1.54) is 11.0 Å². The molecule has 2 aromatic rings. The molecule has 0 spiro atoms. The molecule has 0 N–H and O–H groups in total. The van der Waals surface area contributed by atoms with Crippen molar-refractivity contribution in [2.75, 3.05) is 20.2 Å². The van der Waals surface area contributed by atoms with Gasteiger partial charge in [0.2, 0.25) is 5.91 Å². The number of nitrogens with zero attached hydrogens (tertiary/aromatic N) is 5. The first kappa shape index (κ1) is 14.3. The van der Waals surface area contributed by atoms with E-state index in [0.29, 0.717) is 31.9 Å². The molecule has 1 aromatic heterocycles. The largest absolute Gasteiger partial charge is 0.486 e. The monoisotopic (exact) mass is 303 g/mol. The lowest BCUT2D eigenvalue weighted by Gasteiger charge is -2.29. The molecular weight excluding hydrogens is 286 g/mol. The predicted molar refractivity (Wildman–Crippen MR) is 76.4 cm³/mol. The number of carbonyl (C=O) groups excluding carboxylic acids is 1. The summed E-state index contributed by atoms with van der Waals surface area (Å²) in [6.07, 6.45) is 1.66. The molecule has 0 unspecified atom stereocenters. The zero-order valence-corrected chi connectivity index (χ0v) is 12.3. The Hall–Kier alpha value is -2.64. The van der Waals surface area contributed by atoms with E-state index in [2.05, 4.69) is 15.5 Å². The smallest absolute Gasteiger partial charge is 0.224 e. The molecule has 3 rings (SSSR count). The van der Waals surface area contributed by atoms with Crippen LogP contribution in [0.4, 0.5) is 0 Å². The first-order chi connectivity index (χ1) is 10.7. The average molecular weight is 303 g/mol. The minimum atomic E-state index is -0.170. The van der Waals surface area contributed by atoms with Crippen LogP contribution in [0.15, 0.2) is 30.6 Å². The third-order valence-electron chi connectivity index (χ3n) is 3.42. The lowest BCUT2D eigenvalue weighted by molar-refractivity contribution is -0.131. The summed E-state index contributed by atoms with van der Waals surface area (Å²) in [6.45, 7) is 1.37. The highest BCUT2D eigenvalue weighted by Crippen LogP contribution is 2.30. The number of aromatic nitrogens is 4. The van der Waals surface area contributed by atoms with Gasteiger partial charge in [0.1, 0.15) is 12.9 Å². The number of tetrazole rings is 1. The number of hydrogen-bond acceptors (Lipinski definition) is 6. The maximum atomic E-state index is 12.1. The lowest BCUT2D eigenvalue weighted by atomic mass is 10.2. The summed E-state index contributed by atoms with van der Waals surface area (Å²) < 4.78 is 13.0. The lowest BCUT2D eigenvalue weighted by Crippen LogP contribution is -2.42. The molecule has 1 atom stereocenters. The van der Waals surface area contributed by atoms with Gasteiger partial charge >= 0.3 is 0 Å². The Kier molecular flexibility index (Phi) is 4.17. The number of amides is 1. The van der Waals surface area contributed by atoms with Crippen LogP contribution >= 0.6 is 0 Å². The van der Waals surface area contributed by atoms with Gasteiger partial charge < -0.3 is 14.4 Å². The van der Waals surface area contributed by atoms with E-state index in [1.54, 1.807) is 11.9 Å². The molecule has 0 radical (unpaired) electrons. The van der Waals surface area contributed by atoms with E-state index in [-0.39, 0.29) is 12.0 Å². The number of carbonyl (C=O) groups is 1. The molecule has 2 heterocycles.